The molecule has 32 heavy (non-hydrogen) atoms. The number of carbonyl (C=O) groups excluding carboxylic acids is 2. The van der Waals surface area contributed by atoms with E-state index in [1.165, 1.54) is 50.3 Å². The van der Waals surface area contributed by atoms with Gasteiger partial charge in [0.1, 0.15) is 11.6 Å². The lowest BCUT2D eigenvalue weighted by atomic mass is 9.94. The van der Waals surface area contributed by atoms with Gasteiger partial charge in [0.15, 0.2) is 0 Å². The lowest BCUT2D eigenvalue weighted by Gasteiger charge is -2.31. The van der Waals surface area contributed by atoms with E-state index in [2.05, 4.69) is 5.32 Å². The summed E-state index contributed by atoms with van der Waals surface area (Å²) in [5, 5.41) is 2.92. The van der Waals surface area contributed by atoms with Crippen molar-refractivity contribution in [2.45, 2.75) is 56.0 Å². The third-order valence-corrected chi connectivity index (χ3v) is 7.06. The van der Waals surface area contributed by atoms with Crippen LogP contribution < -0.4 is 10.1 Å². The minimum absolute atomic E-state index is 0.0787. The van der Waals surface area contributed by atoms with Gasteiger partial charge < -0.3 is 15.0 Å². The first kappa shape index (κ1) is 24.1. The van der Waals surface area contributed by atoms with Gasteiger partial charge in [-0.15, -0.1) is 11.8 Å². The Hall–Kier alpha value is -2.54. The Labute approximate surface area is 193 Å². The van der Waals surface area contributed by atoms with E-state index in [0.29, 0.717) is 22.9 Å². The molecule has 7 heteroatoms. The van der Waals surface area contributed by atoms with Gasteiger partial charge in [-0.25, -0.2) is 4.39 Å². The van der Waals surface area contributed by atoms with Crippen LogP contribution in [0.1, 0.15) is 61.0 Å². The summed E-state index contributed by atoms with van der Waals surface area (Å²) in [5.41, 5.74) is 1.06. The Bertz CT molecular complexity index is 947. The molecule has 0 spiro atoms. The average molecular weight is 459 g/mol. The van der Waals surface area contributed by atoms with Crippen molar-refractivity contribution in [2.24, 2.45) is 0 Å². The number of amides is 2. The summed E-state index contributed by atoms with van der Waals surface area (Å²) in [5.74, 6) is 0.205. The molecule has 3 rings (SSSR count). The van der Waals surface area contributed by atoms with Gasteiger partial charge in [0, 0.05) is 23.5 Å². The van der Waals surface area contributed by atoms with Crippen LogP contribution in [-0.2, 0) is 4.79 Å². The van der Waals surface area contributed by atoms with E-state index in [-0.39, 0.29) is 17.6 Å². The van der Waals surface area contributed by atoms with E-state index in [4.69, 9.17) is 4.74 Å². The number of nitrogens with zero attached hydrogens (tertiary/aromatic N) is 1. The minimum atomic E-state index is -0.453. The Morgan fingerprint density at radius 1 is 1.19 bits per heavy atom. The molecule has 2 aromatic rings. The highest BCUT2D eigenvalue weighted by Crippen LogP contribution is 2.28. The van der Waals surface area contributed by atoms with Crippen LogP contribution >= 0.6 is 11.8 Å². The van der Waals surface area contributed by atoms with Gasteiger partial charge in [-0.2, -0.15) is 0 Å². The number of hydrogen-bond donors (Lipinski definition) is 1. The highest BCUT2D eigenvalue weighted by atomic mass is 32.2. The first-order chi connectivity index (χ1) is 15.4. The monoisotopic (exact) mass is 458 g/mol. The van der Waals surface area contributed by atoms with Crippen LogP contribution in [-0.4, -0.2) is 42.7 Å². The highest BCUT2D eigenvalue weighted by Gasteiger charge is 2.23. The smallest absolute Gasteiger partial charge is 0.252 e. The van der Waals surface area contributed by atoms with E-state index in [1.807, 2.05) is 24.1 Å². The fourth-order valence-electron chi connectivity index (χ4n) is 4.09. The number of methoxy groups -OCH3 is 1. The standard InChI is InChI=1S/C25H31FN2O3S/c1-17(21-15-18(26)13-14-22(21)31-3)27-25(30)20-11-7-8-12-23(20)32-16-24(29)28(2)19-9-5-4-6-10-19/h7-8,11-15,17,19H,4-6,9-10,16H2,1-3H3,(H,27,30). The van der Waals surface area contributed by atoms with Crippen LogP contribution in [0.2, 0.25) is 0 Å². The first-order valence-corrected chi connectivity index (χ1v) is 12.0. The molecule has 1 N–H and O–H groups in total. The second-order valence-corrected chi connectivity index (χ2v) is 9.18. The van der Waals surface area contributed by atoms with Crippen molar-refractivity contribution in [3.63, 3.8) is 0 Å². The van der Waals surface area contributed by atoms with Gasteiger partial charge in [-0.1, -0.05) is 31.4 Å². The lowest BCUT2D eigenvalue weighted by molar-refractivity contribution is -0.129. The molecule has 1 atom stereocenters. The molecule has 1 aliphatic carbocycles. The molecule has 1 saturated carbocycles. The summed E-state index contributed by atoms with van der Waals surface area (Å²) in [6.45, 7) is 1.79. The molecule has 1 fully saturated rings. The Kier molecular flexibility index (Phi) is 8.56. The van der Waals surface area contributed by atoms with Crippen molar-refractivity contribution < 1.29 is 18.7 Å². The molecule has 0 heterocycles. The predicted molar refractivity (Wildman–Crippen MR) is 126 cm³/mol. The zero-order chi connectivity index (χ0) is 23.1. The van der Waals surface area contributed by atoms with Crippen LogP contribution in [0.3, 0.4) is 0 Å². The van der Waals surface area contributed by atoms with Crippen molar-refractivity contribution in [3.05, 3.63) is 59.4 Å². The quantitative estimate of drug-likeness (QED) is 0.552. The number of benzene rings is 2. The fourth-order valence-corrected chi connectivity index (χ4v) is 5.06. The maximum atomic E-state index is 13.7. The first-order valence-electron chi connectivity index (χ1n) is 11.0. The van der Waals surface area contributed by atoms with E-state index < -0.39 is 11.9 Å². The zero-order valence-corrected chi connectivity index (χ0v) is 19.7. The van der Waals surface area contributed by atoms with E-state index >= 15 is 0 Å². The van der Waals surface area contributed by atoms with Crippen molar-refractivity contribution in [1.82, 2.24) is 10.2 Å². The average Bonchev–Trinajstić information content (AvgIpc) is 2.82. The molecule has 1 aliphatic rings. The number of rotatable bonds is 8. The summed E-state index contributed by atoms with van der Waals surface area (Å²) in [7, 11) is 3.39. The van der Waals surface area contributed by atoms with E-state index in [1.54, 1.807) is 25.1 Å². The molecule has 0 aliphatic heterocycles. The molecular formula is C25H31FN2O3S. The minimum Gasteiger partial charge on any atom is -0.496 e. The SMILES string of the molecule is COc1ccc(F)cc1C(C)NC(=O)c1ccccc1SCC(=O)N(C)C1CCCCC1. The van der Waals surface area contributed by atoms with Crippen LogP contribution in [0.25, 0.3) is 0 Å². The van der Waals surface area contributed by atoms with Gasteiger partial charge in [0.25, 0.3) is 5.91 Å². The summed E-state index contributed by atoms with van der Waals surface area (Å²) >= 11 is 1.37. The van der Waals surface area contributed by atoms with Crippen molar-refractivity contribution in [3.8, 4) is 5.75 Å². The summed E-state index contributed by atoms with van der Waals surface area (Å²) < 4.78 is 19.0. The Morgan fingerprint density at radius 2 is 1.91 bits per heavy atom. The van der Waals surface area contributed by atoms with Crippen LogP contribution in [0, 0.1) is 5.82 Å². The molecule has 2 amide bonds. The second kappa shape index (κ2) is 11.4. The summed E-state index contributed by atoms with van der Waals surface area (Å²) in [6, 6.07) is 11.3. The van der Waals surface area contributed by atoms with Crippen molar-refractivity contribution in [2.75, 3.05) is 19.9 Å². The Morgan fingerprint density at radius 3 is 2.62 bits per heavy atom. The number of halogens is 1. The molecule has 5 nitrogen and oxygen atoms in total. The molecule has 1 unspecified atom stereocenters. The number of nitrogens with one attached hydrogen (secondary N) is 1. The molecule has 0 saturated heterocycles. The van der Waals surface area contributed by atoms with Gasteiger partial charge in [-0.3, -0.25) is 9.59 Å². The summed E-state index contributed by atoms with van der Waals surface area (Å²) in [6.07, 6.45) is 5.72. The summed E-state index contributed by atoms with van der Waals surface area (Å²) in [4.78, 5) is 28.3. The van der Waals surface area contributed by atoms with Crippen LogP contribution in [0.5, 0.6) is 5.75 Å². The van der Waals surface area contributed by atoms with Crippen molar-refractivity contribution >= 4 is 23.6 Å². The Balaban J connectivity index is 1.66. The number of ether oxygens (including phenoxy) is 1. The third kappa shape index (κ3) is 6.03. The molecule has 0 radical (unpaired) electrons. The number of thioether (sulfide) groups is 1. The molecule has 0 bridgehead atoms. The molecule has 172 valence electrons. The van der Waals surface area contributed by atoms with Crippen LogP contribution in [0.4, 0.5) is 4.39 Å². The molecule has 2 aromatic carbocycles. The van der Waals surface area contributed by atoms with Crippen molar-refractivity contribution in [1.29, 1.82) is 0 Å². The van der Waals surface area contributed by atoms with Gasteiger partial charge in [-0.05, 0) is 50.1 Å². The highest BCUT2D eigenvalue weighted by molar-refractivity contribution is 8.00. The van der Waals surface area contributed by atoms with Gasteiger partial charge in [0.05, 0.1) is 24.5 Å². The third-order valence-electron chi connectivity index (χ3n) is 6.00. The second-order valence-electron chi connectivity index (χ2n) is 8.16. The van der Waals surface area contributed by atoms with Crippen LogP contribution in [0.15, 0.2) is 47.4 Å². The number of hydrogen-bond acceptors (Lipinski definition) is 4. The predicted octanol–water partition coefficient (Wildman–Crippen LogP) is 5.21. The number of carbonyl (C=O) groups is 2. The van der Waals surface area contributed by atoms with E-state index in [0.717, 1.165) is 17.7 Å². The molecule has 0 aromatic heterocycles. The zero-order valence-electron chi connectivity index (χ0n) is 18.9. The molecular weight excluding hydrogens is 427 g/mol. The lowest BCUT2D eigenvalue weighted by Crippen LogP contribution is -2.39. The maximum Gasteiger partial charge on any atom is 0.252 e. The largest absolute Gasteiger partial charge is 0.496 e. The van der Waals surface area contributed by atoms with Gasteiger partial charge >= 0.3 is 0 Å². The van der Waals surface area contributed by atoms with Gasteiger partial charge in [0.2, 0.25) is 5.91 Å². The normalized spacial score (nSPS) is 15.1. The maximum absolute atomic E-state index is 13.7. The topological polar surface area (TPSA) is 58.6 Å². The fraction of sp³-hybridized carbons (Fsp3) is 0.440. The van der Waals surface area contributed by atoms with E-state index in [9.17, 15) is 14.0 Å².